The molecule has 0 spiro atoms. The Hall–Kier alpha value is -2.82. The molecule has 20 heavy (non-hydrogen) atoms. The number of nitrogen functional groups attached to an aromatic ring is 1. The van der Waals surface area contributed by atoms with Gasteiger partial charge in [0.05, 0.1) is 5.56 Å². The molecule has 5 heteroatoms. The number of aryl methyl sites for hydroxylation is 1. The Morgan fingerprint density at radius 2 is 1.70 bits per heavy atom. The summed E-state index contributed by atoms with van der Waals surface area (Å²) in [4.78, 5) is 8.54. The van der Waals surface area contributed by atoms with Gasteiger partial charge in [0.2, 0.25) is 5.95 Å². The van der Waals surface area contributed by atoms with Gasteiger partial charge in [0, 0.05) is 23.8 Å². The zero-order chi connectivity index (χ0) is 13.9. The van der Waals surface area contributed by atoms with Crippen molar-refractivity contribution in [1.82, 2.24) is 9.97 Å². The van der Waals surface area contributed by atoms with E-state index in [1.165, 1.54) is 0 Å². The van der Waals surface area contributed by atoms with E-state index in [-0.39, 0.29) is 0 Å². The van der Waals surface area contributed by atoms with Crippen LogP contribution in [0, 0.1) is 6.92 Å². The molecular weight excluding hydrogens is 252 g/mol. The Morgan fingerprint density at radius 3 is 2.30 bits per heavy atom. The van der Waals surface area contributed by atoms with Crippen LogP contribution < -0.4 is 11.1 Å². The summed E-state index contributed by atoms with van der Waals surface area (Å²) < 4.78 is 5.53. The number of benzene rings is 1. The molecule has 0 saturated heterocycles. The Balaban J connectivity index is 1.77. The highest BCUT2D eigenvalue weighted by Gasteiger charge is 2.04. The van der Waals surface area contributed by atoms with Crippen molar-refractivity contribution in [2.45, 2.75) is 6.92 Å². The van der Waals surface area contributed by atoms with E-state index in [2.05, 4.69) is 15.3 Å². The normalized spacial score (nSPS) is 10.4. The number of aromatic nitrogens is 2. The number of hydrogen-bond donors (Lipinski definition) is 2. The Bertz CT molecular complexity index is 701. The van der Waals surface area contributed by atoms with Gasteiger partial charge in [-0.05, 0) is 43.3 Å². The van der Waals surface area contributed by atoms with Crippen LogP contribution in [-0.2, 0) is 0 Å². The van der Waals surface area contributed by atoms with Gasteiger partial charge in [0.25, 0.3) is 0 Å². The third kappa shape index (κ3) is 2.61. The predicted octanol–water partition coefficient (Wildman–Crippen LogP) is 3.37. The average molecular weight is 266 g/mol. The van der Waals surface area contributed by atoms with Gasteiger partial charge < -0.3 is 15.5 Å². The summed E-state index contributed by atoms with van der Waals surface area (Å²) in [7, 11) is 0. The van der Waals surface area contributed by atoms with Crippen LogP contribution >= 0.6 is 0 Å². The van der Waals surface area contributed by atoms with Crippen LogP contribution in [0.25, 0.3) is 11.3 Å². The molecule has 0 saturated carbocycles. The lowest BCUT2D eigenvalue weighted by molar-refractivity contribution is 0.548. The second-order valence-corrected chi connectivity index (χ2v) is 4.45. The standard InChI is InChI=1S/C15H14N4O/c1-10-2-7-14(20-10)11-8-17-15(18-9-11)19-13-5-3-12(16)4-6-13/h2-9H,16H2,1H3,(H,17,18,19). The molecule has 1 aromatic carbocycles. The van der Waals surface area contributed by atoms with E-state index in [1.807, 2.05) is 43.3 Å². The van der Waals surface area contributed by atoms with Gasteiger partial charge in [0.15, 0.2) is 0 Å². The smallest absolute Gasteiger partial charge is 0.227 e. The average Bonchev–Trinajstić information content (AvgIpc) is 2.89. The largest absolute Gasteiger partial charge is 0.461 e. The third-order valence-corrected chi connectivity index (χ3v) is 2.84. The van der Waals surface area contributed by atoms with Crippen molar-refractivity contribution in [1.29, 1.82) is 0 Å². The SMILES string of the molecule is Cc1ccc(-c2cnc(Nc3ccc(N)cc3)nc2)o1. The first-order valence-corrected chi connectivity index (χ1v) is 6.22. The minimum atomic E-state index is 0.529. The third-order valence-electron chi connectivity index (χ3n) is 2.84. The summed E-state index contributed by atoms with van der Waals surface area (Å²) in [6.07, 6.45) is 3.45. The van der Waals surface area contributed by atoms with E-state index in [1.54, 1.807) is 12.4 Å². The highest BCUT2D eigenvalue weighted by Crippen LogP contribution is 2.21. The van der Waals surface area contributed by atoms with Crippen LogP contribution in [-0.4, -0.2) is 9.97 Å². The second-order valence-electron chi connectivity index (χ2n) is 4.45. The summed E-state index contributed by atoms with van der Waals surface area (Å²) in [6, 6.07) is 11.2. The maximum Gasteiger partial charge on any atom is 0.227 e. The molecule has 100 valence electrons. The molecule has 5 nitrogen and oxygen atoms in total. The number of anilines is 3. The molecule has 2 aromatic heterocycles. The maximum absolute atomic E-state index is 5.64. The lowest BCUT2D eigenvalue weighted by Gasteiger charge is -2.05. The Morgan fingerprint density at radius 1 is 1.00 bits per heavy atom. The Labute approximate surface area is 116 Å². The Kier molecular flexibility index (Phi) is 3.09. The van der Waals surface area contributed by atoms with Crippen LogP contribution in [0.1, 0.15) is 5.76 Å². The molecule has 0 unspecified atom stereocenters. The van der Waals surface area contributed by atoms with Gasteiger partial charge in [-0.3, -0.25) is 0 Å². The topological polar surface area (TPSA) is 77.0 Å². The molecule has 0 bridgehead atoms. The van der Waals surface area contributed by atoms with E-state index >= 15 is 0 Å². The van der Waals surface area contributed by atoms with E-state index < -0.39 is 0 Å². The van der Waals surface area contributed by atoms with E-state index in [0.29, 0.717) is 5.95 Å². The van der Waals surface area contributed by atoms with Gasteiger partial charge >= 0.3 is 0 Å². The van der Waals surface area contributed by atoms with Crippen molar-refractivity contribution in [2.24, 2.45) is 0 Å². The predicted molar refractivity (Wildman–Crippen MR) is 78.6 cm³/mol. The van der Waals surface area contributed by atoms with Crippen molar-refractivity contribution < 1.29 is 4.42 Å². The number of nitrogens with one attached hydrogen (secondary N) is 1. The minimum absolute atomic E-state index is 0.529. The molecule has 0 aliphatic rings. The summed E-state index contributed by atoms with van der Waals surface area (Å²) in [5, 5.41) is 3.11. The molecule has 2 heterocycles. The maximum atomic E-state index is 5.64. The van der Waals surface area contributed by atoms with Crippen LogP contribution in [0.3, 0.4) is 0 Å². The summed E-state index contributed by atoms with van der Waals surface area (Å²) in [6.45, 7) is 1.90. The molecule has 3 rings (SSSR count). The second kappa shape index (κ2) is 5.05. The molecule has 0 radical (unpaired) electrons. The zero-order valence-electron chi connectivity index (χ0n) is 11.0. The van der Waals surface area contributed by atoms with E-state index in [4.69, 9.17) is 10.2 Å². The van der Waals surface area contributed by atoms with Gasteiger partial charge in [-0.25, -0.2) is 9.97 Å². The fourth-order valence-electron chi connectivity index (χ4n) is 1.81. The lowest BCUT2D eigenvalue weighted by atomic mass is 10.2. The number of hydrogen-bond acceptors (Lipinski definition) is 5. The fourth-order valence-corrected chi connectivity index (χ4v) is 1.81. The van der Waals surface area contributed by atoms with Crippen molar-refractivity contribution in [2.75, 3.05) is 11.1 Å². The van der Waals surface area contributed by atoms with Gasteiger partial charge in [-0.15, -0.1) is 0 Å². The van der Waals surface area contributed by atoms with Crippen molar-refractivity contribution in [3.8, 4) is 11.3 Å². The van der Waals surface area contributed by atoms with Crippen LogP contribution in [0.4, 0.5) is 17.3 Å². The van der Waals surface area contributed by atoms with Gasteiger partial charge in [0.1, 0.15) is 11.5 Å². The van der Waals surface area contributed by atoms with Crippen LogP contribution in [0.15, 0.2) is 53.2 Å². The highest BCUT2D eigenvalue weighted by atomic mass is 16.3. The van der Waals surface area contributed by atoms with Crippen molar-refractivity contribution >= 4 is 17.3 Å². The first kappa shape index (κ1) is 12.2. The molecule has 0 atom stereocenters. The van der Waals surface area contributed by atoms with Crippen LogP contribution in [0.2, 0.25) is 0 Å². The molecule has 3 N–H and O–H groups in total. The molecule has 0 aliphatic carbocycles. The molecule has 3 aromatic rings. The quantitative estimate of drug-likeness (QED) is 0.711. The van der Waals surface area contributed by atoms with E-state index in [9.17, 15) is 0 Å². The van der Waals surface area contributed by atoms with Gasteiger partial charge in [-0.1, -0.05) is 0 Å². The fraction of sp³-hybridized carbons (Fsp3) is 0.0667. The summed E-state index contributed by atoms with van der Waals surface area (Å²) in [5.74, 6) is 2.16. The summed E-state index contributed by atoms with van der Waals surface area (Å²) >= 11 is 0. The number of furan rings is 1. The monoisotopic (exact) mass is 266 g/mol. The van der Waals surface area contributed by atoms with Gasteiger partial charge in [-0.2, -0.15) is 0 Å². The van der Waals surface area contributed by atoms with Crippen molar-refractivity contribution in [3.05, 3.63) is 54.6 Å². The van der Waals surface area contributed by atoms with Crippen molar-refractivity contribution in [3.63, 3.8) is 0 Å². The van der Waals surface area contributed by atoms with E-state index in [0.717, 1.165) is 28.5 Å². The zero-order valence-corrected chi connectivity index (χ0v) is 11.0. The highest BCUT2D eigenvalue weighted by molar-refractivity contribution is 5.59. The molecule has 0 aliphatic heterocycles. The molecule has 0 amide bonds. The summed E-state index contributed by atoms with van der Waals surface area (Å²) in [5.41, 5.74) is 8.10. The minimum Gasteiger partial charge on any atom is -0.461 e. The first-order valence-electron chi connectivity index (χ1n) is 6.22. The lowest BCUT2D eigenvalue weighted by Crippen LogP contribution is -1.96. The first-order chi connectivity index (χ1) is 9.70. The number of nitrogens with two attached hydrogens (primary N) is 1. The molecular formula is C15H14N4O. The van der Waals surface area contributed by atoms with Crippen LogP contribution in [0.5, 0.6) is 0 Å². The number of rotatable bonds is 3. The number of nitrogens with zero attached hydrogens (tertiary/aromatic N) is 2. The molecule has 0 fully saturated rings.